The van der Waals surface area contributed by atoms with Gasteiger partial charge in [-0.1, -0.05) is 108 Å². The highest BCUT2D eigenvalue weighted by Gasteiger charge is 2.17. The summed E-state index contributed by atoms with van der Waals surface area (Å²) >= 11 is 0. The molecule has 29 heavy (non-hydrogen) atoms. The van der Waals surface area contributed by atoms with Crippen molar-refractivity contribution in [2.75, 3.05) is 0 Å². The normalized spacial score (nSPS) is 22.3. The molecule has 2 unspecified atom stereocenters. The van der Waals surface area contributed by atoms with Crippen LogP contribution in [0.1, 0.15) is 121 Å². The van der Waals surface area contributed by atoms with Crippen LogP contribution in [0.2, 0.25) is 0 Å². The molecule has 0 radical (unpaired) electrons. The van der Waals surface area contributed by atoms with Crippen LogP contribution in [0.4, 0.5) is 0 Å². The summed E-state index contributed by atoms with van der Waals surface area (Å²) in [5, 5.41) is 0. The molecule has 1 aromatic rings. The fourth-order valence-corrected chi connectivity index (χ4v) is 5.27. The van der Waals surface area contributed by atoms with Crippen LogP contribution in [0.25, 0.3) is 11.1 Å². The highest BCUT2D eigenvalue weighted by Crippen LogP contribution is 2.35. The van der Waals surface area contributed by atoms with Gasteiger partial charge in [0, 0.05) is 0 Å². The van der Waals surface area contributed by atoms with E-state index in [-0.39, 0.29) is 0 Å². The smallest absolute Gasteiger partial charge is 0.0227 e. The van der Waals surface area contributed by atoms with Gasteiger partial charge < -0.3 is 0 Å². The zero-order valence-corrected chi connectivity index (χ0v) is 19.2. The Labute approximate surface area is 180 Å². The van der Waals surface area contributed by atoms with Crippen molar-refractivity contribution in [1.29, 1.82) is 0 Å². The van der Waals surface area contributed by atoms with E-state index in [0.717, 1.165) is 11.8 Å². The first-order valence-corrected chi connectivity index (χ1v) is 12.8. The first-order chi connectivity index (χ1) is 14.3. The molecule has 2 atom stereocenters. The Kier molecular flexibility index (Phi) is 9.58. The summed E-state index contributed by atoms with van der Waals surface area (Å²) in [6.45, 7) is 4.61. The van der Waals surface area contributed by atoms with Crippen molar-refractivity contribution >= 4 is 11.1 Å². The van der Waals surface area contributed by atoms with Crippen molar-refractivity contribution < 1.29 is 0 Å². The molecular formula is C29H44. The monoisotopic (exact) mass is 392 g/mol. The van der Waals surface area contributed by atoms with Crippen LogP contribution in [-0.2, 0) is 0 Å². The highest BCUT2D eigenvalue weighted by molar-refractivity contribution is 5.71. The van der Waals surface area contributed by atoms with Gasteiger partial charge in [-0.3, -0.25) is 0 Å². The van der Waals surface area contributed by atoms with E-state index in [1.165, 1.54) is 107 Å². The van der Waals surface area contributed by atoms with Crippen LogP contribution in [0, 0.1) is 11.8 Å². The summed E-state index contributed by atoms with van der Waals surface area (Å²) in [4.78, 5) is 0. The molecule has 0 heterocycles. The molecule has 160 valence electrons. The summed E-state index contributed by atoms with van der Waals surface area (Å²) in [5.41, 5.74) is 6.11. The first-order valence-electron chi connectivity index (χ1n) is 12.8. The summed E-state index contributed by atoms with van der Waals surface area (Å²) in [6, 6.07) is 9.54. The molecule has 0 bridgehead atoms. The molecule has 0 nitrogen and oxygen atoms in total. The minimum atomic E-state index is 0.937. The quantitative estimate of drug-likeness (QED) is 0.329. The standard InChI is InChI=1S/C29H44/c1-3-5-7-9-11-25-14-18-27(19-15-25)29-22-20-28(21-23-29)26-16-12-24(13-17-26)10-8-6-4-2/h16,18,20-25H,3-15,17,19H2,1-2H3. The summed E-state index contributed by atoms with van der Waals surface area (Å²) in [5.74, 6) is 1.87. The third-order valence-corrected chi connectivity index (χ3v) is 7.35. The number of allylic oxidation sites excluding steroid dienone is 4. The zero-order valence-electron chi connectivity index (χ0n) is 19.2. The van der Waals surface area contributed by atoms with Gasteiger partial charge in [-0.05, 0) is 72.6 Å². The van der Waals surface area contributed by atoms with E-state index in [1.54, 1.807) is 11.1 Å². The van der Waals surface area contributed by atoms with Crippen LogP contribution in [0.15, 0.2) is 36.4 Å². The van der Waals surface area contributed by atoms with Crippen molar-refractivity contribution in [3.63, 3.8) is 0 Å². The topological polar surface area (TPSA) is 0 Å². The summed E-state index contributed by atoms with van der Waals surface area (Å²) in [6.07, 6.45) is 25.7. The van der Waals surface area contributed by atoms with Gasteiger partial charge in [0.05, 0.1) is 0 Å². The van der Waals surface area contributed by atoms with Crippen LogP contribution in [0.3, 0.4) is 0 Å². The molecule has 0 saturated heterocycles. The third-order valence-electron chi connectivity index (χ3n) is 7.35. The minimum absolute atomic E-state index is 0.937. The predicted octanol–water partition coefficient (Wildman–Crippen LogP) is 9.60. The lowest BCUT2D eigenvalue weighted by Gasteiger charge is -2.23. The molecule has 0 aliphatic heterocycles. The van der Waals surface area contributed by atoms with Crippen molar-refractivity contribution in [2.45, 2.75) is 110 Å². The van der Waals surface area contributed by atoms with Gasteiger partial charge in [-0.2, -0.15) is 0 Å². The van der Waals surface area contributed by atoms with Crippen LogP contribution in [-0.4, -0.2) is 0 Å². The third kappa shape index (κ3) is 7.16. The second kappa shape index (κ2) is 12.4. The minimum Gasteiger partial charge on any atom is -0.0804 e. The number of hydrogen-bond acceptors (Lipinski definition) is 0. The SMILES string of the molecule is CCCCCCC1CC=C(c2ccc(C3=CCC(CCCCC)CC3)cc2)CC1. The van der Waals surface area contributed by atoms with Gasteiger partial charge in [-0.25, -0.2) is 0 Å². The van der Waals surface area contributed by atoms with Gasteiger partial charge >= 0.3 is 0 Å². The van der Waals surface area contributed by atoms with E-state index in [0.29, 0.717) is 0 Å². The maximum absolute atomic E-state index is 2.55. The van der Waals surface area contributed by atoms with Crippen LogP contribution < -0.4 is 0 Å². The fraction of sp³-hybridized carbons (Fsp3) is 0.655. The van der Waals surface area contributed by atoms with Crippen LogP contribution >= 0.6 is 0 Å². The maximum Gasteiger partial charge on any atom is -0.0227 e. The van der Waals surface area contributed by atoms with Gasteiger partial charge in [0.25, 0.3) is 0 Å². The Morgan fingerprint density at radius 3 is 1.48 bits per heavy atom. The Hall–Kier alpha value is -1.30. The van der Waals surface area contributed by atoms with E-state index >= 15 is 0 Å². The molecular weight excluding hydrogens is 348 g/mol. The first kappa shape index (κ1) is 22.4. The number of benzene rings is 1. The molecule has 0 saturated carbocycles. The van der Waals surface area contributed by atoms with Crippen molar-refractivity contribution in [3.05, 3.63) is 47.5 Å². The number of hydrogen-bond donors (Lipinski definition) is 0. The lowest BCUT2D eigenvalue weighted by molar-refractivity contribution is 0.425. The second-order valence-electron chi connectivity index (χ2n) is 9.66. The molecule has 2 aliphatic rings. The molecule has 0 aromatic heterocycles. The summed E-state index contributed by atoms with van der Waals surface area (Å²) in [7, 11) is 0. The Bertz CT molecular complexity index is 645. The number of rotatable bonds is 11. The average molecular weight is 393 g/mol. The second-order valence-corrected chi connectivity index (χ2v) is 9.66. The highest BCUT2D eigenvalue weighted by atomic mass is 14.2. The fourth-order valence-electron chi connectivity index (χ4n) is 5.27. The van der Waals surface area contributed by atoms with Crippen molar-refractivity contribution in [2.24, 2.45) is 11.8 Å². The molecule has 2 aliphatic carbocycles. The van der Waals surface area contributed by atoms with E-state index in [2.05, 4.69) is 50.3 Å². The Morgan fingerprint density at radius 1 is 0.621 bits per heavy atom. The zero-order chi connectivity index (χ0) is 20.3. The van der Waals surface area contributed by atoms with Gasteiger partial charge in [0.2, 0.25) is 0 Å². The molecule has 3 rings (SSSR count). The van der Waals surface area contributed by atoms with Crippen molar-refractivity contribution in [3.8, 4) is 0 Å². The van der Waals surface area contributed by atoms with E-state index in [4.69, 9.17) is 0 Å². The lowest BCUT2D eigenvalue weighted by atomic mass is 9.82. The van der Waals surface area contributed by atoms with Gasteiger partial charge in [0.15, 0.2) is 0 Å². The number of unbranched alkanes of at least 4 members (excludes halogenated alkanes) is 5. The Morgan fingerprint density at radius 2 is 1.07 bits per heavy atom. The molecule has 0 fully saturated rings. The van der Waals surface area contributed by atoms with Crippen molar-refractivity contribution in [1.82, 2.24) is 0 Å². The molecule has 0 heteroatoms. The van der Waals surface area contributed by atoms with E-state index in [1.807, 2.05) is 0 Å². The Balaban J connectivity index is 1.47. The summed E-state index contributed by atoms with van der Waals surface area (Å²) < 4.78 is 0. The maximum atomic E-state index is 2.55. The van der Waals surface area contributed by atoms with E-state index < -0.39 is 0 Å². The molecule has 0 amide bonds. The van der Waals surface area contributed by atoms with Gasteiger partial charge in [0.1, 0.15) is 0 Å². The largest absolute Gasteiger partial charge is 0.0804 e. The predicted molar refractivity (Wildman–Crippen MR) is 130 cm³/mol. The van der Waals surface area contributed by atoms with E-state index in [9.17, 15) is 0 Å². The lowest BCUT2D eigenvalue weighted by Crippen LogP contribution is -2.06. The molecule has 0 spiro atoms. The molecule has 1 aromatic carbocycles. The molecule has 0 N–H and O–H groups in total. The van der Waals surface area contributed by atoms with Crippen LogP contribution in [0.5, 0.6) is 0 Å². The average Bonchev–Trinajstić information content (AvgIpc) is 2.78. The van der Waals surface area contributed by atoms with Gasteiger partial charge in [-0.15, -0.1) is 0 Å².